The molecule has 0 spiro atoms. The molecule has 1 aromatic carbocycles. The van der Waals surface area contributed by atoms with E-state index in [1.807, 2.05) is 9.80 Å². The van der Waals surface area contributed by atoms with Crippen LogP contribution < -0.4 is 0 Å². The summed E-state index contributed by atoms with van der Waals surface area (Å²) >= 11 is 0. The summed E-state index contributed by atoms with van der Waals surface area (Å²) in [6, 6.07) is 10.0. The molecule has 27 heavy (non-hydrogen) atoms. The first-order chi connectivity index (χ1) is 13.2. The van der Waals surface area contributed by atoms with Crippen LogP contribution in [0.15, 0.2) is 42.7 Å². The molecule has 0 N–H and O–H groups in total. The Balaban J connectivity index is 1.36. The van der Waals surface area contributed by atoms with Crippen molar-refractivity contribution in [3.63, 3.8) is 0 Å². The van der Waals surface area contributed by atoms with E-state index in [0.717, 1.165) is 24.8 Å². The van der Waals surface area contributed by atoms with Gasteiger partial charge in [-0.25, -0.2) is 0 Å². The summed E-state index contributed by atoms with van der Waals surface area (Å²) in [6.45, 7) is 2.55. The van der Waals surface area contributed by atoms with Gasteiger partial charge in [0.1, 0.15) is 0 Å². The van der Waals surface area contributed by atoms with Crippen molar-refractivity contribution in [1.29, 1.82) is 0 Å². The van der Waals surface area contributed by atoms with Gasteiger partial charge in [-0.15, -0.1) is 0 Å². The molecule has 2 aliphatic rings. The van der Waals surface area contributed by atoms with E-state index in [4.69, 9.17) is 0 Å². The standard InChI is InChI=1S/C22H25N3O2/c26-21(15-17-7-8-18-4-1-5-19(18)14-17)24-10-3-11-25(13-12-24)22(27)20-6-2-9-23-16-20/h2,6-9,14,16H,1,3-5,10-13,15H2. The van der Waals surface area contributed by atoms with Gasteiger partial charge in [-0.2, -0.15) is 0 Å². The van der Waals surface area contributed by atoms with Crippen molar-refractivity contribution in [2.24, 2.45) is 0 Å². The summed E-state index contributed by atoms with van der Waals surface area (Å²) < 4.78 is 0. The molecule has 2 aromatic rings. The van der Waals surface area contributed by atoms with E-state index < -0.39 is 0 Å². The quantitative estimate of drug-likeness (QED) is 0.842. The molecule has 0 radical (unpaired) electrons. The summed E-state index contributed by atoms with van der Waals surface area (Å²) in [6.07, 6.45) is 8.04. The maximum absolute atomic E-state index is 12.8. The second kappa shape index (κ2) is 7.91. The van der Waals surface area contributed by atoms with Crippen molar-refractivity contribution in [2.75, 3.05) is 26.2 Å². The third-order valence-corrected chi connectivity index (χ3v) is 5.56. The Morgan fingerprint density at radius 1 is 0.926 bits per heavy atom. The average Bonchev–Trinajstić information content (AvgIpc) is 3.02. The number of benzene rings is 1. The highest BCUT2D eigenvalue weighted by Crippen LogP contribution is 2.23. The van der Waals surface area contributed by atoms with Gasteiger partial charge in [0.2, 0.25) is 5.91 Å². The van der Waals surface area contributed by atoms with E-state index in [0.29, 0.717) is 38.2 Å². The predicted molar refractivity (Wildman–Crippen MR) is 104 cm³/mol. The number of nitrogens with zero attached hydrogens (tertiary/aromatic N) is 3. The third kappa shape index (κ3) is 4.02. The van der Waals surface area contributed by atoms with Crippen LogP contribution in [0.5, 0.6) is 0 Å². The van der Waals surface area contributed by atoms with Crippen molar-refractivity contribution >= 4 is 11.8 Å². The molecule has 1 aliphatic heterocycles. The Labute approximate surface area is 160 Å². The number of hydrogen-bond donors (Lipinski definition) is 0. The van der Waals surface area contributed by atoms with Crippen molar-refractivity contribution in [3.05, 3.63) is 65.0 Å². The van der Waals surface area contributed by atoms with Crippen LogP contribution in [0, 0.1) is 0 Å². The number of rotatable bonds is 3. The molecule has 1 aliphatic carbocycles. The molecule has 1 aromatic heterocycles. The molecular weight excluding hydrogens is 338 g/mol. The second-order valence-corrected chi connectivity index (χ2v) is 7.40. The van der Waals surface area contributed by atoms with Crippen molar-refractivity contribution in [3.8, 4) is 0 Å². The highest BCUT2D eigenvalue weighted by molar-refractivity contribution is 5.94. The van der Waals surface area contributed by atoms with Crippen molar-refractivity contribution in [2.45, 2.75) is 32.1 Å². The Kier molecular flexibility index (Phi) is 5.19. The lowest BCUT2D eigenvalue weighted by molar-refractivity contribution is -0.130. The summed E-state index contributed by atoms with van der Waals surface area (Å²) in [7, 11) is 0. The molecule has 0 bridgehead atoms. The van der Waals surface area contributed by atoms with E-state index >= 15 is 0 Å². The summed E-state index contributed by atoms with van der Waals surface area (Å²) in [4.78, 5) is 33.2. The van der Waals surface area contributed by atoms with Gasteiger partial charge in [-0.1, -0.05) is 18.2 Å². The molecule has 0 atom stereocenters. The lowest BCUT2D eigenvalue weighted by Gasteiger charge is -2.22. The van der Waals surface area contributed by atoms with Crippen LogP contribution in [0.2, 0.25) is 0 Å². The van der Waals surface area contributed by atoms with E-state index in [9.17, 15) is 9.59 Å². The van der Waals surface area contributed by atoms with E-state index in [-0.39, 0.29) is 11.8 Å². The fraction of sp³-hybridized carbons (Fsp3) is 0.409. The number of fused-ring (bicyclic) bond motifs is 1. The van der Waals surface area contributed by atoms with Crippen molar-refractivity contribution < 1.29 is 9.59 Å². The fourth-order valence-electron chi connectivity index (χ4n) is 4.06. The maximum Gasteiger partial charge on any atom is 0.255 e. The first-order valence-corrected chi connectivity index (χ1v) is 9.78. The molecule has 140 valence electrons. The lowest BCUT2D eigenvalue weighted by Crippen LogP contribution is -2.38. The molecule has 0 unspecified atom stereocenters. The molecule has 1 saturated heterocycles. The van der Waals surface area contributed by atoms with Gasteiger partial charge in [-0.05, 0) is 54.5 Å². The van der Waals surface area contributed by atoms with Crippen LogP contribution in [0.1, 0.15) is 39.9 Å². The third-order valence-electron chi connectivity index (χ3n) is 5.56. The van der Waals surface area contributed by atoms with Gasteiger partial charge in [0.15, 0.2) is 0 Å². The van der Waals surface area contributed by atoms with Crippen LogP contribution in [-0.4, -0.2) is 52.8 Å². The van der Waals surface area contributed by atoms with Crippen LogP contribution in [-0.2, 0) is 24.1 Å². The summed E-state index contributed by atoms with van der Waals surface area (Å²) in [5.41, 5.74) is 4.55. The number of amides is 2. The zero-order valence-corrected chi connectivity index (χ0v) is 15.6. The number of aromatic nitrogens is 1. The molecule has 4 rings (SSSR count). The predicted octanol–water partition coefficient (Wildman–Crippen LogP) is 2.49. The molecular formula is C22H25N3O2. The van der Waals surface area contributed by atoms with Crippen LogP contribution >= 0.6 is 0 Å². The monoisotopic (exact) mass is 363 g/mol. The second-order valence-electron chi connectivity index (χ2n) is 7.40. The first-order valence-electron chi connectivity index (χ1n) is 9.78. The van der Waals surface area contributed by atoms with Crippen LogP contribution in [0.25, 0.3) is 0 Å². The van der Waals surface area contributed by atoms with Crippen LogP contribution in [0.3, 0.4) is 0 Å². The van der Waals surface area contributed by atoms with Crippen molar-refractivity contribution in [1.82, 2.24) is 14.8 Å². The lowest BCUT2D eigenvalue weighted by atomic mass is 10.0. The Hall–Kier alpha value is -2.69. The zero-order valence-electron chi connectivity index (χ0n) is 15.6. The largest absolute Gasteiger partial charge is 0.341 e. The minimum atomic E-state index is -0.00368. The van der Waals surface area contributed by atoms with E-state index in [1.165, 1.54) is 17.5 Å². The molecule has 2 heterocycles. The SMILES string of the molecule is O=C(Cc1ccc2c(c1)CCC2)N1CCCN(C(=O)c2cccnc2)CC1. The highest BCUT2D eigenvalue weighted by Gasteiger charge is 2.23. The van der Waals surface area contributed by atoms with E-state index in [2.05, 4.69) is 23.2 Å². The van der Waals surface area contributed by atoms with Gasteiger partial charge in [0, 0.05) is 38.6 Å². The summed E-state index contributed by atoms with van der Waals surface area (Å²) in [5.74, 6) is 0.152. The Morgan fingerprint density at radius 3 is 2.59 bits per heavy atom. The van der Waals surface area contributed by atoms with E-state index in [1.54, 1.807) is 24.5 Å². The number of carbonyl (C=O) groups is 2. The Bertz CT molecular complexity index is 835. The number of pyridine rings is 1. The minimum Gasteiger partial charge on any atom is -0.341 e. The average molecular weight is 363 g/mol. The maximum atomic E-state index is 12.8. The first kappa shape index (κ1) is 17.7. The smallest absolute Gasteiger partial charge is 0.255 e. The molecule has 0 saturated carbocycles. The zero-order chi connectivity index (χ0) is 18.6. The number of aryl methyl sites for hydroxylation is 2. The normalized spacial score (nSPS) is 16.7. The van der Waals surface area contributed by atoms with Gasteiger partial charge >= 0.3 is 0 Å². The summed E-state index contributed by atoms with van der Waals surface area (Å²) in [5, 5.41) is 0. The fourth-order valence-corrected chi connectivity index (χ4v) is 4.06. The topological polar surface area (TPSA) is 53.5 Å². The van der Waals surface area contributed by atoms with Gasteiger partial charge in [-0.3, -0.25) is 14.6 Å². The van der Waals surface area contributed by atoms with Gasteiger partial charge in [0.25, 0.3) is 5.91 Å². The minimum absolute atomic E-state index is 0.00368. The Morgan fingerprint density at radius 2 is 1.74 bits per heavy atom. The number of carbonyl (C=O) groups excluding carboxylic acids is 2. The molecule has 2 amide bonds. The van der Waals surface area contributed by atoms with Crippen LogP contribution in [0.4, 0.5) is 0 Å². The molecule has 1 fully saturated rings. The molecule has 5 nitrogen and oxygen atoms in total. The molecule has 5 heteroatoms. The highest BCUT2D eigenvalue weighted by atomic mass is 16.2. The van der Waals surface area contributed by atoms with Gasteiger partial charge < -0.3 is 9.80 Å². The van der Waals surface area contributed by atoms with Gasteiger partial charge in [0.05, 0.1) is 12.0 Å². The number of hydrogen-bond acceptors (Lipinski definition) is 3.